The quantitative estimate of drug-likeness (QED) is 0.873. The van der Waals surface area contributed by atoms with Gasteiger partial charge in [-0.3, -0.25) is 0 Å². The summed E-state index contributed by atoms with van der Waals surface area (Å²) in [5, 5.41) is 2.60. The molecule has 1 aromatic rings. The van der Waals surface area contributed by atoms with Crippen LogP contribution >= 0.6 is 11.3 Å². The lowest BCUT2D eigenvalue weighted by Gasteiger charge is -2.14. The van der Waals surface area contributed by atoms with Crippen molar-refractivity contribution in [3.05, 3.63) is 16.1 Å². The molecule has 0 fully saturated rings. The van der Waals surface area contributed by atoms with Gasteiger partial charge in [-0.1, -0.05) is 20.8 Å². The number of hydrogen-bond donors (Lipinski definition) is 1. The fourth-order valence-electron chi connectivity index (χ4n) is 1.04. The topological polar surface area (TPSA) is 38.9 Å². The Bertz CT molecular complexity index is 317. The van der Waals surface area contributed by atoms with E-state index >= 15 is 0 Å². The summed E-state index contributed by atoms with van der Waals surface area (Å²) in [6.45, 7) is 6.12. The number of alkyl halides is 2. The Morgan fingerprint density at radius 1 is 1.47 bits per heavy atom. The molecule has 0 amide bonds. The van der Waals surface area contributed by atoms with Gasteiger partial charge in [0.2, 0.25) is 0 Å². The molecule has 5 heteroatoms. The van der Waals surface area contributed by atoms with E-state index in [0.29, 0.717) is 5.01 Å². The second kappa shape index (κ2) is 4.53. The van der Waals surface area contributed by atoms with Crippen LogP contribution in [0.3, 0.4) is 0 Å². The Morgan fingerprint density at radius 3 is 2.47 bits per heavy atom. The molecule has 0 saturated heterocycles. The van der Waals surface area contributed by atoms with Gasteiger partial charge in [0.25, 0.3) is 6.43 Å². The van der Waals surface area contributed by atoms with Gasteiger partial charge < -0.3 is 5.73 Å². The molecule has 1 atom stereocenters. The number of thiazole rings is 1. The van der Waals surface area contributed by atoms with Crippen molar-refractivity contribution in [2.75, 3.05) is 0 Å². The molecule has 15 heavy (non-hydrogen) atoms. The van der Waals surface area contributed by atoms with E-state index in [1.54, 1.807) is 0 Å². The van der Waals surface area contributed by atoms with Crippen LogP contribution in [0.5, 0.6) is 0 Å². The highest BCUT2D eigenvalue weighted by Gasteiger charge is 2.20. The van der Waals surface area contributed by atoms with Gasteiger partial charge in [-0.05, 0) is 0 Å². The Labute approximate surface area is 92.5 Å². The molecule has 1 unspecified atom stereocenters. The normalized spacial score (nSPS) is 14.6. The predicted molar refractivity (Wildman–Crippen MR) is 58.5 cm³/mol. The van der Waals surface area contributed by atoms with Crippen molar-refractivity contribution in [1.82, 2.24) is 4.98 Å². The van der Waals surface area contributed by atoms with Crippen LogP contribution < -0.4 is 5.73 Å². The van der Waals surface area contributed by atoms with Crippen molar-refractivity contribution in [3.63, 3.8) is 0 Å². The molecular weight excluding hydrogens is 218 g/mol. The predicted octanol–water partition coefficient (Wildman–Crippen LogP) is 2.58. The maximum absolute atomic E-state index is 12.2. The number of rotatable bonds is 3. The van der Waals surface area contributed by atoms with Crippen molar-refractivity contribution in [3.8, 4) is 0 Å². The van der Waals surface area contributed by atoms with Crippen LogP contribution in [-0.4, -0.2) is 17.5 Å². The molecular formula is C10H16F2N2S. The number of halogens is 2. The minimum atomic E-state index is -2.48. The molecule has 2 N–H and O–H groups in total. The SMILES string of the molecule is CC(C)(C)c1csc(CC(N)C(F)F)n1. The highest BCUT2D eigenvalue weighted by atomic mass is 32.1. The average molecular weight is 234 g/mol. The van der Waals surface area contributed by atoms with Crippen LogP contribution in [0.1, 0.15) is 31.5 Å². The molecule has 86 valence electrons. The average Bonchev–Trinajstić information content (AvgIpc) is 2.51. The van der Waals surface area contributed by atoms with Crippen molar-refractivity contribution in [1.29, 1.82) is 0 Å². The first-order valence-electron chi connectivity index (χ1n) is 4.79. The van der Waals surface area contributed by atoms with E-state index in [0.717, 1.165) is 5.69 Å². The molecule has 0 aliphatic carbocycles. The van der Waals surface area contributed by atoms with E-state index in [1.807, 2.05) is 26.2 Å². The van der Waals surface area contributed by atoms with Crippen molar-refractivity contribution in [2.24, 2.45) is 5.73 Å². The third-order valence-corrected chi connectivity index (χ3v) is 2.93. The zero-order chi connectivity index (χ0) is 11.6. The number of hydrogen-bond acceptors (Lipinski definition) is 3. The molecule has 0 aliphatic heterocycles. The molecule has 0 saturated carbocycles. The summed E-state index contributed by atoms with van der Waals surface area (Å²) in [6.07, 6.45) is -2.33. The summed E-state index contributed by atoms with van der Waals surface area (Å²) in [6, 6.07) is -1.11. The van der Waals surface area contributed by atoms with E-state index in [-0.39, 0.29) is 11.8 Å². The van der Waals surface area contributed by atoms with Gasteiger partial charge >= 0.3 is 0 Å². The summed E-state index contributed by atoms with van der Waals surface area (Å²) in [5.41, 5.74) is 6.18. The van der Waals surface area contributed by atoms with Gasteiger partial charge in [0, 0.05) is 17.2 Å². The first-order valence-corrected chi connectivity index (χ1v) is 5.67. The molecule has 1 aromatic heterocycles. The lowest BCUT2D eigenvalue weighted by atomic mass is 9.93. The minimum Gasteiger partial charge on any atom is -0.323 e. The maximum Gasteiger partial charge on any atom is 0.253 e. The van der Waals surface area contributed by atoms with Crippen LogP contribution in [0.2, 0.25) is 0 Å². The maximum atomic E-state index is 12.2. The van der Waals surface area contributed by atoms with Crippen LogP contribution in [0, 0.1) is 0 Å². The van der Waals surface area contributed by atoms with E-state index in [1.165, 1.54) is 11.3 Å². The largest absolute Gasteiger partial charge is 0.323 e. The lowest BCUT2D eigenvalue weighted by molar-refractivity contribution is 0.116. The van der Waals surface area contributed by atoms with Gasteiger partial charge in [-0.25, -0.2) is 13.8 Å². The summed E-state index contributed by atoms with van der Waals surface area (Å²) in [7, 11) is 0. The van der Waals surface area contributed by atoms with E-state index in [9.17, 15) is 8.78 Å². The van der Waals surface area contributed by atoms with E-state index < -0.39 is 12.5 Å². The highest BCUT2D eigenvalue weighted by molar-refractivity contribution is 7.09. The summed E-state index contributed by atoms with van der Waals surface area (Å²) in [4.78, 5) is 4.31. The van der Waals surface area contributed by atoms with Gasteiger partial charge in [0.15, 0.2) is 0 Å². The Kier molecular flexibility index (Phi) is 3.78. The molecule has 1 heterocycles. The highest BCUT2D eigenvalue weighted by Crippen LogP contribution is 2.24. The number of nitrogens with zero attached hydrogens (tertiary/aromatic N) is 1. The summed E-state index contributed by atoms with van der Waals surface area (Å²) >= 11 is 1.40. The molecule has 0 radical (unpaired) electrons. The van der Waals surface area contributed by atoms with Gasteiger partial charge in [-0.2, -0.15) is 0 Å². The van der Waals surface area contributed by atoms with Crippen molar-refractivity contribution < 1.29 is 8.78 Å². The Morgan fingerprint density at radius 2 is 2.07 bits per heavy atom. The molecule has 1 rings (SSSR count). The standard InChI is InChI=1S/C10H16F2N2S/c1-10(2,3)7-5-15-8(14-7)4-6(13)9(11)12/h5-6,9H,4,13H2,1-3H3. The molecule has 0 spiro atoms. The number of aromatic nitrogens is 1. The third-order valence-electron chi connectivity index (χ3n) is 2.05. The zero-order valence-corrected chi connectivity index (χ0v) is 9.94. The third kappa shape index (κ3) is 3.50. The van der Waals surface area contributed by atoms with Crippen molar-refractivity contribution in [2.45, 2.75) is 45.1 Å². The molecule has 0 aliphatic rings. The van der Waals surface area contributed by atoms with Crippen LogP contribution in [0.25, 0.3) is 0 Å². The monoisotopic (exact) mass is 234 g/mol. The lowest BCUT2D eigenvalue weighted by Crippen LogP contribution is -2.30. The molecule has 0 bridgehead atoms. The second-order valence-electron chi connectivity index (χ2n) is 4.58. The first kappa shape index (κ1) is 12.5. The van der Waals surface area contributed by atoms with Crippen LogP contribution in [-0.2, 0) is 11.8 Å². The number of nitrogens with two attached hydrogens (primary N) is 1. The van der Waals surface area contributed by atoms with Gasteiger partial charge in [0.1, 0.15) is 0 Å². The fourth-order valence-corrected chi connectivity index (χ4v) is 2.13. The van der Waals surface area contributed by atoms with E-state index in [4.69, 9.17) is 5.73 Å². The van der Waals surface area contributed by atoms with Gasteiger partial charge in [-0.15, -0.1) is 11.3 Å². The second-order valence-corrected chi connectivity index (χ2v) is 5.52. The fraction of sp³-hybridized carbons (Fsp3) is 0.700. The van der Waals surface area contributed by atoms with Gasteiger partial charge in [0.05, 0.1) is 16.7 Å². The molecule has 2 nitrogen and oxygen atoms in total. The Balaban J connectivity index is 2.69. The first-order chi connectivity index (χ1) is 6.80. The summed E-state index contributed by atoms with van der Waals surface area (Å²) in [5.74, 6) is 0. The smallest absolute Gasteiger partial charge is 0.253 e. The Hall–Kier alpha value is -0.550. The van der Waals surface area contributed by atoms with Crippen LogP contribution in [0.15, 0.2) is 5.38 Å². The molecule has 0 aromatic carbocycles. The van der Waals surface area contributed by atoms with E-state index in [2.05, 4.69) is 4.98 Å². The van der Waals surface area contributed by atoms with Crippen molar-refractivity contribution >= 4 is 11.3 Å². The zero-order valence-electron chi connectivity index (χ0n) is 9.13. The minimum absolute atomic E-state index is 0.0380. The summed E-state index contributed by atoms with van der Waals surface area (Å²) < 4.78 is 24.4. The van der Waals surface area contributed by atoms with Crippen LogP contribution in [0.4, 0.5) is 8.78 Å².